The zero-order valence-corrected chi connectivity index (χ0v) is 13.1. The van der Waals surface area contributed by atoms with Crippen LogP contribution in [0.1, 0.15) is 6.23 Å². The molecule has 3 rings (SSSR count). The third-order valence-electron chi connectivity index (χ3n) is 3.40. The average molecular weight is 364 g/mol. The van der Waals surface area contributed by atoms with Crippen LogP contribution >= 0.6 is 20.0 Å². The summed E-state index contributed by atoms with van der Waals surface area (Å²) in [5.41, 5.74) is 0.820. The molecule has 4 atom stereocenters. The predicted octanol–water partition coefficient (Wildman–Crippen LogP) is -0.783. The van der Waals surface area contributed by atoms with E-state index in [1.807, 2.05) is 0 Å². The van der Waals surface area contributed by atoms with Gasteiger partial charge in [0.15, 0.2) is 10.9 Å². The molecule has 5 N–H and O–H groups in total. The highest BCUT2D eigenvalue weighted by Gasteiger charge is 2.45. The summed E-state index contributed by atoms with van der Waals surface area (Å²) >= 11 is 5.03. The van der Waals surface area contributed by atoms with Crippen molar-refractivity contribution in [3.8, 4) is 0 Å². The smallest absolute Gasteiger partial charge is 0.387 e. The number of aliphatic hydroxyl groups is 2. The lowest BCUT2D eigenvalue weighted by atomic mass is 10.1. The molecule has 0 radical (unpaired) electrons. The Morgan fingerprint density at radius 3 is 2.83 bits per heavy atom. The molecule has 11 nitrogen and oxygen atoms in total. The van der Waals surface area contributed by atoms with Crippen LogP contribution in [0.25, 0.3) is 11.2 Å². The van der Waals surface area contributed by atoms with Gasteiger partial charge in [0.1, 0.15) is 29.5 Å². The number of ether oxygens (including phenoxy) is 1. The largest absolute Gasteiger partial charge is 0.469 e. The van der Waals surface area contributed by atoms with Crippen LogP contribution in [0.2, 0.25) is 0 Å². The van der Waals surface area contributed by atoms with Gasteiger partial charge in [0.05, 0.1) is 19.3 Å². The van der Waals surface area contributed by atoms with Gasteiger partial charge in [-0.2, -0.15) is 0 Å². The molecule has 13 heteroatoms. The minimum atomic E-state index is -4.71. The number of nitrogens with zero attached hydrogens (tertiary/aromatic N) is 3. The number of rotatable bonds is 4. The average Bonchev–Trinajstić information content (AvgIpc) is 3.01. The molecule has 2 aromatic rings. The van der Waals surface area contributed by atoms with Crippen LogP contribution in [0.3, 0.4) is 0 Å². The minimum Gasteiger partial charge on any atom is -0.387 e. The molecule has 0 spiro atoms. The summed E-state index contributed by atoms with van der Waals surface area (Å²) in [6.45, 7) is -0.580. The van der Waals surface area contributed by atoms with Crippen molar-refractivity contribution >= 4 is 31.2 Å². The van der Waals surface area contributed by atoms with E-state index >= 15 is 0 Å². The van der Waals surface area contributed by atoms with E-state index in [0.29, 0.717) is 11.2 Å². The van der Waals surface area contributed by atoms with E-state index < -0.39 is 39.0 Å². The molecule has 2 aromatic heterocycles. The van der Waals surface area contributed by atoms with Gasteiger partial charge in [-0.15, -0.1) is 0 Å². The van der Waals surface area contributed by atoms with Gasteiger partial charge in [-0.3, -0.25) is 9.09 Å². The van der Waals surface area contributed by atoms with Crippen LogP contribution in [0.4, 0.5) is 0 Å². The highest BCUT2D eigenvalue weighted by Crippen LogP contribution is 2.38. The van der Waals surface area contributed by atoms with E-state index in [4.69, 9.17) is 26.7 Å². The lowest BCUT2D eigenvalue weighted by molar-refractivity contribution is -0.0504. The lowest BCUT2D eigenvalue weighted by Gasteiger charge is -2.16. The highest BCUT2D eigenvalue weighted by atomic mass is 32.1. The summed E-state index contributed by atoms with van der Waals surface area (Å²) in [6, 6.07) is 0. The molecular formula is C10H13N4O7PS. The number of hydrogen-bond donors (Lipinski definition) is 5. The Bertz CT molecular complexity index is 819. The maximum Gasteiger partial charge on any atom is 0.469 e. The number of hydrogen-bond acceptors (Lipinski definition) is 8. The van der Waals surface area contributed by atoms with Crippen molar-refractivity contribution in [3.05, 3.63) is 17.3 Å². The second kappa shape index (κ2) is 6.00. The molecule has 3 heterocycles. The SMILES string of the molecule is O=P(O)(O)OC[C@H]1OC(n2cnc3c(=S)nc[nH]c32)[C@H](O)[C@@H]1O. The first-order valence-corrected chi connectivity index (χ1v) is 8.33. The molecule has 0 amide bonds. The topological polar surface area (TPSA) is 163 Å². The highest BCUT2D eigenvalue weighted by molar-refractivity contribution is 7.71. The molecule has 1 fully saturated rings. The van der Waals surface area contributed by atoms with Gasteiger partial charge in [-0.05, 0) is 0 Å². The predicted molar refractivity (Wildman–Crippen MR) is 76.6 cm³/mol. The second-order valence-electron chi connectivity index (χ2n) is 4.89. The third kappa shape index (κ3) is 3.20. The Morgan fingerprint density at radius 2 is 2.13 bits per heavy atom. The molecule has 0 aliphatic carbocycles. The monoisotopic (exact) mass is 364 g/mol. The molecule has 23 heavy (non-hydrogen) atoms. The van der Waals surface area contributed by atoms with Crippen molar-refractivity contribution < 1.29 is 33.8 Å². The van der Waals surface area contributed by atoms with Crippen molar-refractivity contribution in [1.29, 1.82) is 0 Å². The van der Waals surface area contributed by atoms with Gasteiger partial charge in [0, 0.05) is 0 Å². The summed E-state index contributed by atoms with van der Waals surface area (Å²) < 4.78 is 22.2. The summed E-state index contributed by atoms with van der Waals surface area (Å²) in [5, 5.41) is 20.1. The number of imidazole rings is 1. The van der Waals surface area contributed by atoms with Crippen molar-refractivity contribution in [3.63, 3.8) is 0 Å². The zero-order valence-electron chi connectivity index (χ0n) is 11.4. The number of phosphoric acid groups is 1. The molecule has 1 saturated heterocycles. The van der Waals surface area contributed by atoms with E-state index in [1.54, 1.807) is 0 Å². The standard InChI is InChI=1S/C10H13N4O7PS/c15-6-4(1-20-22(17,18)19)21-10(7(6)16)14-3-13-5-8(14)11-2-12-9(5)23/h2-4,6-7,10,15-16H,1H2,(H,11,12,23)(H2,17,18,19)/t4-,6-,7-,10?/m1/s1. The fraction of sp³-hybridized carbons (Fsp3) is 0.500. The fourth-order valence-electron chi connectivity index (χ4n) is 2.33. The number of aliphatic hydroxyl groups excluding tert-OH is 2. The number of aromatic amines is 1. The van der Waals surface area contributed by atoms with E-state index in [1.165, 1.54) is 17.2 Å². The van der Waals surface area contributed by atoms with Gasteiger partial charge >= 0.3 is 7.82 Å². The number of nitrogens with one attached hydrogen (secondary N) is 1. The Labute approximate surface area is 133 Å². The molecule has 0 bridgehead atoms. The van der Waals surface area contributed by atoms with Crippen molar-refractivity contribution in [2.45, 2.75) is 24.5 Å². The molecule has 1 aliphatic heterocycles. The number of H-pyrrole nitrogens is 1. The van der Waals surface area contributed by atoms with E-state index in [-0.39, 0.29) is 4.64 Å². The normalized spacial score (nSPS) is 28.5. The van der Waals surface area contributed by atoms with Crippen LogP contribution < -0.4 is 0 Å². The van der Waals surface area contributed by atoms with Gasteiger partial charge in [-0.25, -0.2) is 14.5 Å². The zero-order chi connectivity index (χ0) is 16.8. The fourth-order valence-corrected chi connectivity index (χ4v) is 2.88. The second-order valence-corrected chi connectivity index (χ2v) is 6.52. The van der Waals surface area contributed by atoms with E-state index in [2.05, 4.69) is 19.5 Å². The molecule has 1 aliphatic rings. The Morgan fingerprint density at radius 1 is 1.39 bits per heavy atom. The Hall–Kier alpha value is -1.24. The van der Waals surface area contributed by atoms with Crippen LogP contribution in [0.15, 0.2) is 12.7 Å². The molecular weight excluding hydrogens is 351 g/mol. The van der Waals surface area contributed by atoms with Gasteiger partial charge < -0.3 is 29.7 Å². The van der Waals surface area contributed by atoms with Crippen LogP contribution in [0, 0.1) is 4.64 Å². The van der Waals surface area contributed by atoms with Crippen LogP contribution in [0.5, 0.6) is 0 Å². The summed E-state index contributed by atoms with van der Waals surface area (Å²) in [4.78, 5) is 28.2. The first kappa shape index (κ1) is 16.6. The number of fused-ring (bicyclic) bond motifs is 1. The first-order valence-electron chi connectivity index (χ1n) is 6.40. The van der Waals surface area contributed by atoms with Gasteiger partial charge in [0.25, 0.3) is 0 Å². The van der Waals surface area contributed by atoms with Gasteiger partial charge in [-0.1, -0.05) is 12.2 Å². The molecule has 126 valence electrons. The van der Waals surface area contributed by atoms with Crippen LogP contribution in [-0.2, 0) is 13.8 Å². The van der Waals surface area contributed by atoms with Gasteiger partial charge in [0.2, 0.25) is 0 Å². The van der Waals surface area contributed by atoms with Crippen molar-refractivity contribution in [2.75, 3.05) is 6.61 Å². The maximum atomic E-state index is 10.7. The molecule has 0 aromatic carbocycles. The number of aromatic nitrogens is 4. The van der Waals surface area contributed by atoms with Crippen molar-refractivity contribution in [1.82, 2.24) is 19.5 Å². The van der Waals surface area contributed by atoms with Crippen LogP contribution in [-0.4, -0.2) is 64.4 Å². The molecule has 1 unspecified atom stereocenters. The number of phosphoric ester groups is 1. The summed E-state index contributed by atoms with van der Waals surface area (Å²) in [5.74, 6) is 0. The van der Waals surface area contributed by atoms with E-state index in [0.717, 1.165) is 0 Å². The lowest BCUT2D eigenvalue weighted by Crippen LogP contribution is -2.33. The minimum absolute atomic E-state index is 0.256. The third-order valence-corrected chi connectivity index (χ3v) is 4.18. The quantitative estimate of drug-likeness (QED) is 0.343. The van der Waals surface area contributed by atoms with E-state index in [9.17, 15) is 14.8 Å². The Balaban J connectivity index is 1.87. The summed E-state index contributed by atoms with van der Waals surface area (Å²) in [6.07, 6.45) is -2.19. The summed E-state index contributed by atoms with van der Waals surface area (Å²) in [7, 11) is -4.71. The first-order chi connectivity index (χ1) is 10.8. The molecule has 0 saturated carbocycles. The maximum absolute atomic E-state index is 10.7. The Kier molecular flexibility index (Phi) is 4.33. The van der Waals surface area contributed by atoms with Crippen molar-refractivity contribution in [2.24, 2.45) is 0 Å².